The summed E-state index contributed by atoms with van der Waals surface area (Å²) in [7, 11) is 1.35. The van der Waals surface area contributed by atoms with Gasteiger partial charge in [0.1, 0.15) is 25.2 Å². The quantitative estimate of drug-likeness (QED) is 0.495. The first kappa shape index (κ1) is 29.6. The van der Waals surface area contributed by atoms with E-state index in [4.69, 9.17) is 4.74 Å². The maximum atomic E-state index is 13.7. The molecule has 0 aliphatic carbocycles. The van der Waals surface area contributed by atoms with Crippen molar-refractivity contribution in [2.75, 3.05) is 20.3 Å². The molecule has 208 valence electrons. The van der Waals surface area contributed by atoms with Crippen LogP contribution in [0.2, 0.25) is 0 Å². The normalized spacial score (nSPS) is 16.6. The van der Waals surface area contributed by atoms with Crippen LogP contribution in [0.15, 0.2) is 66.9 Å². The number of hydrogen-bond acceptors (Lipinski definition) is 5. The Morgan fingerprint density at radius 2 is 1.59 bits per heavy atom. The number of amides is 3. The van der Waals surface area contributed by atoms with Crippen molar-refractivity contribution in [2.24, 2.45) is 5.92 Å². The van der Waals surface area contributed by atoms with E-state index in [1.54, 1.807) is 74.5 Å². The number of benzene rings is 2. The monoisotopic (exact) mass is 545 g/mol. The summed E-state index contributed by atoms with van der Waals surface area (Å²) in [5.74, 6) is -4.48. The van der Waals surface area contributed by atoms with Crippen molar-refractivity contribution in [3.8, 4) is 0 Å². The van der Waals surface area contributed by atoms with Gasteiger partial charge in [0.2, 0.25) is 5.91 Å². The second kappa shape index (κ2) is 12.7. The lowest BCUT2D eigenvalue weighted by molar-refractivity contribution is -0.173. The Hall–Kier alpha value is -3.99. The average molecular weight is 546 g/mol. The number of alkyl halides is 3. The Morgan fingerprint density at radius 1 is 1.00 bits per heavy atom. The third-order valence-corrected chi connectivity index (χ3v) is 6.14. The molecular formula is C28H30F3N3O5. The molecule has 3 amide bonds. The van der Waals surface area contributed by atoms with E-state index in [0.29, 0.717) is 11.1 Å². The summed E-state index contributed by atoms with van der Waals surface area (Å²) in [5.41, 5.74) is 1.13. The van der Waals surface area contributed by atoms with Gasteiger partial charge in [-0.15, -0.1) is 0 Å². The highest BCUT2D eigenvalue weighted by Crippen LogP contribution is 2.30. The molecule has 3 rings (SSSR count). The largest absolute Gasteiger partial charge is 0.452 e. The molecule has 0 fully saturated rings. The lowest BCUT2D eigenvalue weighted by Gasteiger charge is -2.41. The molecule has 0 aromatic heterocycles. The van der Waals surface area contributed by atoms with Gasteiger partial charge in [-0.25, -0.2) is 0 Å². The summed E-state index contributed by atoms with van der Waals surface area (Å²) in [6, 6.07) is 13.6. The standard InChI is InChI=1S/C28H30F3N3O5/c1-18(2)25-27(38)33(22(20-12-8-5-9-13-20)15-34(25)24(36)17-39-3)16-23(35)32-21(26(37)28(29,30)31)14-19-10-6-4-7-11-19/h4-13,15,18,21,25H,14,16-17H2,1-3H3,(H,32,35)/t21?,25-/m1/s1. The van der Waals surface area contributed by atoms with Gasteiger partial charge in [0.15, 0.2) is 0 Å². The predicted octanol–water partition coefficient (Wildman–Crippen LogP) is 3.19. The maximum Gasteiger partial charge on any atom is 0.452 e. The molecule has 8 nitrogen and oxygen atoms in total. The van der Waals surface area contributed by atoms with E-state index >= 15 is 0 Å². The lowest BCUT2D eigenvalue weighted by atomic mass is 9.97. The molecule has 39 heavy (non-hydrogen) atoms. The maximum absolute atomic E-state index is 13.7. The average Bonchev–Trinajstić information content (AvgIpc) is 2.89. The van der Waals surface area contributed by atoms with E-state index in [1.807, 2.05) is 0 Å². The molecule has 0 bridgehead atoms. The van der Waals surface area contributed by atoms with Crippen molar-refractivity contribution in [3.63, 3.8) is 0 Å². The van der Waals surface area contributed by atoms with Crippen LogP contribution in [0.5, 0.6) is 0 Å². The molecule has 1 unspecified atom stereocenters. The smallest absolute Gasteiger partial charge is 0.375 e. The van der Waals surface area contributed by atoms with Gasteiger partial charge < -0.3 is 15.0 Å². The fraction of sp³-hybridized carbons (Fsp3) is 0.357. The summed E-state index contributed by atoms with van der Waals surface area (Å²) >= 11 is 0. The zero-order valence-corrected chi connectivity index (χ0v) is 21.8. The number of rotatable bonds is 10. The minimum absolute atomic E-state index is 0.207. The minimum atomic E-state index is -5.17. The first-order valence-electron chi connectivity index (χ1n) is 12.3. The number of nitrogens with one attached hydrogen (secondary N) is 1. The van der Waals surface area contributed by atoms with Crippen LogP contribution in [0.1, 0.15) is 25.0 Å². The Bertz CT molecular complexity index is 1220. The fourth-order valence-corrected chi connectivity index (χ4v) is 4.35. The summed E-state index contributed by atoms with van der Waals surface area (Å²) in [6.45, 7) is 2.52. The number of carbonyl (C=O) groups excluding carboxylic acids is 4. The SMILES string of the molecule is COCC(=O)N1C=C(c2ccccc2)N(CC(=O)NC(Cc2ccccc2)C(=O)C(F)(F)F)C(=O)[C@H]1C(C)C. The van der Waals surface area contributed by atoms with E-state index in [2.05, 4.69) is 5.32 Å². The Morgan fingerprint density at radius 3 is 2.13 bits per heavy atom. The first-order valence-corrected chi connectivity index (χ1v) is 12.3. The van der Waals surface area contributed by atoms with Gasteiger partial charge in [0.25, 0.3) is 17.6 Å². The molecule has 1 N–H and O–H groups in total. The molecular weight excluding hydrogens is 515 g/mol. The molecule has 11 heteroatoms. The van der Waals surface area contributed by atoms with Crippen LogP contribution in [0.4, 0.5) is 13.2 Å². The highest BCUT2D eigenvalue weighted by atomic mass is 19.4. The van der Waals surface area contributed by atoms with E-state index in [-0.39, 0.29) is 24.6 Å². The zero-order chi connectivity index (χ0) is 28.7. The molecule has 2 aromatic rings. The number of methoxy groups -OCH3 is 1. The van der Waals surface area contributed by atoms with E-state index < -0.39 is 48.3 Å². The molecule has 2 aromatic carbocycles. The highest BCUT2D eigenvalue weighted by Gasteiger charge is 2.45. The number of Topliss-reactive ketones (excluding diaryl/α,β-unsaturated/α-hetero) is 1. The van der Waals surface area contributed by atoms with E-state index in [1.165, 1.54) is 18.2 Å². The zero-order valence-electron chi connectivity index (χ0n) is 21.8. The van der Waals surface area contributed by atoms with Crippen LogP contribution in [-0.2, 0) is 30.3 Å². The predicted molar refractivity (Wildman–Crippen MR) is 137 cm³/mol. The van der Waals surface area contributed by atoms with Crippen molar-refractivity contribution < 1.29 is 37.1 Å². The summed E-state index contributed by atoms with van der Waals surface area (Å²) in [5, 5.41) is 2.18. The summed E-state index contributed by atoms with van der Waals surface area (Å²) in [4.78, 5) is 54.2. The fourth-order valence-electron chi connectivity index (χ4n) is 4.35. The van der Waals surface area contributed by atoms with E-state index in [9.17, 15) is 32.3 Å². The van der Waals surface area contributed by atoms with Gasteiger partial charge in [-0.05, 0) is 17.0 Å². The summed E-state index contributed by atoms with van der Waals surface area (Å²) < 4.78 is 45.0. The molecule has 0 saturated carbocycles. The molecule has 2 atom stereocenters. The summed E-state index contributed by atoms with van der Waals surface area (Å²) in [6.07, 6.45) is -4.11. The molecule has 1 aliphatic rings. The van der Waals surface area contributed by atoms with Crippen molar-refractivity contribution in [2.45, 2.75) is 38.5 Å². The third kappa shape index (κ3) is 7.32. The van der Waals surface area contributed by atoms with Crippen LogP contribution >= 0.6 is 0 Å². The lowest BCUT2D eigenvalue weighted by Crippen LogP contribution is -2.57. The van der Waals surface area contributed by atoms with Crippen molar-refractivity contribution in [3.05, 3.63) is 78.0 Å². The van der Waals surface area contributed by atoms with Gasteiger partial charge in [0, 0.05) is 19.7 Å². The number of hydrogen-bond donors (Lipinski definition) is 1. The van der Waals surface area contributed by atoms with Crippen LogP contribution in [0.25, 0.3) is 5.70 Å². The molecule has 0 spiro atoms. The van der Waals surface area contributed by atoms with Crippen molar-refractivity contribution in [1.29, 1.82) is 0 Å². The Labute approximate surface area is 224 Å². The molecule has 0 radical (unpaired) electrons. The van der Waals surface area contributed by atoms with Gasteiger partial charge in [-0.3, -0.25) is 24.1 Å². The second-order valence-electron chi connectivity index (χ2n) is 9.40. The third-order valence-electron chi connectivity index (χ3n) is 6.14. The number of ether oxygens (including phenoxy) is 1. The molecule has 1 heterocycles. The van der Waals surface area contributed by atoms with Gasteiger partial charge in [0.05, 0.1) is 5.70 Å². The first-order chi connectivity index (χ1) is 18.4. The molecule has 0 saturated heterocycles. The van der Waals surface area contributed by atoms with Gasteiger partial charge >= 0.3 is 6.18 Å². The van der Waals surface area contributed by atoms with E-state index in [0.717, 1.165) is 4.90 Å². The van der Waals surface area contributed by atoms with Crippen LogP contribution in [0.3, 0.4) is 0 Å². The Balaban J connectivity index is 1.95. The van der Waals surface area contributed by atoms with Gasteiger partial charge in [-0.2, -0.15) is 13.2 Å². The second-order valence-corrected chi connectivity index (χ2v) is 9.40. The van der Waals surface area contributed by atoms with Gasteiger partial charge in [-0.1, -0.05) is 74.5 Å². The van der Waals surface area contributed by atoms with Crippen molar-refractivity contribution in [1.82, 2.24) is 15.1 Å². The van der Waals surface area contributed by atoms with Crippen LogP contribution in [-0.4, -0.2) is 71.8 Å². The number of carbonyl (C=O) groups is 4. The topological polar surface area (TPSA) is 96.0 Å². The van der Waals surface area contributed by atoms with Crippen LogP contribution in [0, 0.1) is 5.92 Å². The highest BCUT2D eigenvalue weighted by molar-refractivity contribution is 6.00. The molecule has 1 aliphatic heterocycles. The minimum Gasteiger partial charge on any atom is -0.375 e. The Kier molecular flexibility index (Phi) is 9.63. The van der Waals surface area contributed by atoms with Crippen molar-refractivity contribution >= 4 is 29.2 Å². The number of ketones is 1. The number of halogens is 3. The number of nitrogens with zero attached hydrogens (tertiary/aromatic N) is 2. The van der Waals surface area contributed by atoms with Crippen LogP contribution < -0.4 is 5.32 Å².